The van der Waals surface area contributed by atoms with Gasteiger partial charge in [-0.2, -0.15) is 5.10 Å². The minimum absolute atomic E-state index is 0.00469. The Kier molecular flexibility index (Phi) is 6.15. The van der Waals surface area contributed by atoms with E-state index in [0.717, 1.165) is 16.9 Å². The summed E-state index contributed by atoms with van der Waals surface area (Å²) in [6.45, 7) is 5.44. The molecular weight excluding hydrogens is 384 g/mol. The van der Waals surface area contributed by atoms with E-state index in [1.807, 2.05) is 43.3 Å². The van der Waals surface area contributed by atoms with Crippen molar-refractivity contribution < 1.29 is 14.5 Å². The Balaban J connectivity index is 1.81. The third-order valence-corrected chi connectivity index (χ3v) is 5.07. The van der Waals surface area contributed by atoms with Crippen molar-refractivity contribution in [1.82, 2.24) is 15.1 Å². The lowest BCUT2D eigenvalue weighted by molar-refractivity contribution is -0.386. The Morgan fingerprint density at radius 2 is 1.87 bits per heavy atom. The number of rotatable bonds is 7. The summed E-state index contributed by atoms with van der Waals surface area (Å²) in [6, 6.07) is 14.5. The van der Waals surface area contributed by atoms with Gasteiger partial charge in [0.15, 0.2) is 0 Å². The predicted octanol–water partition coefficient (Wildman–Crippen LogP) is 3.96. The van der Waals surface area contributed by atoms with Gasteiger partial charge in [-0.15, -0.1) is 0 Å². The zero-order chi connectivity index (χ0) is 21.8. The average Bonchev–Trinajstić information content (AvgIpc) is 3.01. The normalized spacial score (nSPS) is 11.7. The van der Waals surface area contributed by atoms with Crippen LogP contribution in [0.4, 0.5) is 5.69 Å². The van der Waals surface area contributed by atoms with Gasteiger partial charge in [-0.25, -0.2) is 0 Å². The van der Waals surface area contributed by atoms with Crippen molar-refractivity contribution in [1.29, 1.82) is 0 Å². The van der Waals surface area contributed by atoms with Crippen LogP contribution in [0.2, 0.25) is 0 Å². The van der Waals surface area contributed by atoms with Crippen LogP contribution < -0.4 is 10.1 Å². The minimum atomic E-state index is -0.427. The second-order valence-electron chi connectivity index (χ2n) is 7.06. The average molecular weight is 408 g/mol. The van der Waals surface area contributed by atoms with Crippen LogP contribution in [0.5, 0.6) is 5.75 Å². The van der Waals surface area contributed by atoms with Crippen molar-refractivity contribution >= 4 is 11.6 Å². The first-order chi connectivity index (χ1) is 14.3. The molecule has 1 atom stereocenters. The third-order valence-electron chi connectivity index (χ3n) is 5.07. The number of carbonyl (C=O) groups excluding carboxylic acids is 1. The molecule has 2 aromatic carbocycles. The molecule has 0 bridgehead atoms. The van der Waals surface area contributed by atoms with Crippen LogP contribution in [-0.2, 0) is 6.54 Å². The molecule has 1 unspecified atom stereocenters. The molecule has 0 aliphatic carbocycles. The van der Waals surface area contributed by atoms with Crippen molar-refractivity contribution in [3.05, 3.63) is 86.7 Å². The zero-order valence-electron chi connectivity index (χ0n) is 17.4. The van der Waals surface area contributed by atoms with Crippen LogP contribution in [0.15, 0.2) is 48.5 Å². The first-order valence-corrected chi connectivity index (χ1v) is 9.53. The summed E-state index contributed by atoms with van der Waals surface area (Å²) in [5.74, 6) is 0.534. The minimum Gasteiger partial charge on any atom is -0.497 e. The molecule has 0 aliphatic heterocycles. The van der Waals surface area contributed by atoms with Crippen molar-refractivity contribution in [2.75, 3.05) is 7.11 Å². The second-order valence-corrected chi connectivity index (χ2v) is 7.06. The SMILES string of the molecule is COc1ccc(C(C)NC(=O)c2ccccc2Cn2nc(C)c([N+](=O)[O-])c2C)cc1. The van der Waals surface area contributed by atoms with Crippen molar-refractivity contribution in [2.45, 2.75) is 33.4 Å². The molecule has 30 heavy (non-hydrogen) atoms. The van der Waals surface area contributed by atoms with E-state index in [1.54, 1.807) is 37.8 Å². The molecule has 1 heterocycles. The highest BCUT2D eigenvalue weighted by Gasteiger charge is 2.23. The summed E-state index contributed by atoms with van der Waals surface area (Å²) < 4.78 is 6.73. The molecule has 0 fully saturated rings. The number of hydrogen-bond acceptors (Lipinski definition) is 5. The molecule has 0 aliphatic rings. The van der Waals surface area contributed by atoms with E-state index in [9.17, 15) is 14.9 Å². The quantitative estimate of drug-likeness (QED) is 0.471. The Labute approximate surface area is 174 Å². The van der Waals surface area contributed by atoms with Crippen LogP contribution in [0.3, 0.4) is 0 Å². The Bertz CT molecular complexity index is 1070. The molecule has 1 aromatic heterocycles. The van der Waals surface area contributed by atoms with Gasteiger partial charge in [0.2, 0.25) is 0 Å². The fraction of sp³-hybridized carbons (Fsp3) is 0.273. The van der Waals surface area contributed by atoms with Crippen LogP contribution in [0, 0.1) is 24.0 Å². The lowest BCUT2D eigenvalue weighted by atomic mass is 10.0. The predicted molar refractivity (Wildman–Crippen MR) is 113 cm³/mol. The summed E-state index contributed by atoms with van der Waals surface area (Å²) in [5, 5.41) is 18.6. The van der Waals surface area contributed by atoms with E-state index in [2.05, 4.69) is 10.4 Å². The first-order valence-electron chi connectivity index (χ1n) is 9.53. The lowest BCUT2D eigenvalue weighted by Crippen LogP contribution is -2.28. The number of amides is 1. The largest absolute Gasteiger partial charge is 0.497 e. The van der Waals surface area contributed by atoms with E-state index >= 15 is 0 Å². The van der Waals surface area contributed by atoms with Gasteiger partial charge in [0.1, 0.15) is 17.1 Å². The first kappa shape index (κ1) is 21.0. The van der Waals surface area contributed by atoms with Gasteiger partial charge in [0, 0.05) is 5.56 Å². The van der Waals surface area contributed by atoms with E-state index in [4.69, 9.17) is 4.74 Å². The van der Waals surface area contributed by atoms with Crippen molar-refractivity contribution in [3.63, 3.8) is 0 Å². The summed E-state index contributed by atoms with van der Waals surface area (Å²) in [6.07, 6.45) is 0. The Morgan fingerprint density at radius 3 is 2.47 bits per heavy atom. The van der Waals surface area contributed by atoms with Crippen LogP contribution in [0.25, 0.3) is 0 Å². The Morgan fingerprint density at radius 1 is 1.20 bits per heavy atom. The standard InChI is InChI=1S/C22H24N4O4/c1-14(17-9-11-19(30-4)12-10-17)23-22(27)20-8-6-5-7-18(20)13-25-16(3)21(26(28)29)15(2)24-25/h5-12,14H,13H2,1-4H3,(H,23,27). The highest BCUT2D eigenvalue weighted by atomic mass is 16.6. The van der Waals surface area contributed by atoms with Gasteiger partial charge in [0.05, 0.1) is 24.6 Å². The molecular formula is C22H24N4O4. The highest BCUT2D eigenvalue weighted by Crippen LogP contribution is 2.24. The fourth-order valence-electron chi connectivity index (χ4n) is 3.40. The second kappa shape index (κ2) is 8.77. The monoisotopic (exact) mass is 408 g/mol. The van der Waals surface area contributed by atoms with Crippen molar-refractivity contribution in [2.24, 2.45) is 0 Å². The van der Waals surface area contributed by atoms with E-state index in [-0.39, 0.29) is 24.2 Å². The number of benzene rings is 2. The molecule has 8 heteroatoms. The molecule has 0 spiro atoms. The van der Waals surface area contributed by atoms with Gasteiger partial charge in [-0.1, -0.05) is 30.3 Å². The van der Waals surface area contributed by atoms with Crippen molar-refractivity contribution in [3.8, 4) is 5.75 Å². The number of nitrogens with zero attached hydrogens (tertiary/aromatic N) is 3. The van der Waals surface area contributed by atoms with Gasteiger partial charge >= 0.3 is 5.69 Å². The van der Waals surface area contributed by atoms with Gasteiger partial charge < -0.3 is 10.1 Å². The number of hydrogen-bond donors (Lipinski definition) is 1. The Hall–Kier alpha value is -3.68. The smallest absolute Gasteiger partial charge is 0.312 e. The topological polar surface area (TPSA) is 99.3 Å². The van der Waals surface area contributed by atoms with Crippen LogP contribution in [-0.4, -0.2) is 27.7 Å². The number of aromatic nitrogens is 2. The molecule has 0 saturated carbocycles. The molecule has 156 valence electrons. The molecule has 1 amide bonds. The maximum atomic E-state index is 13.0. The fourth-order valence-corrected chi connectivity index (χ4v) is 3.40. The van der Waals surface area contributed by atoms with Gasteiger partial charge in [0.25, 0.3) is 5.91 Å². The molecule has 8 nitrogen and oxygen atoms in total. The van der Waals surface area contributed by atoms with Crippen LogP contribution in [0.1, 0.15) is 45.8 Å². The summed E-state index contributed by atoms with van der Waals surface area (Å²) in [7, 11) is 1.61. The zero-order valence-corrected chi connectivity index (χ0v) is 17.4. The number of carbonyl (C=O) groups is 1. The van der Waals surface area contributed by atoms with Gasteiger partial charge in [-0.05, 0) is 50.1 Å². The lowest BCUT2D eigenvalue weighted by Gasteiger charge is -2.17. The molecule has 0 saturated heterocycles. The summed E-state index contributed by atoms with van der Waals surface area (Å²) in [4.78, 5) is 23.8. The number of nitrogens with one attached hydrogen (secondary N) is 1. The summed E-state index contributed by atoms with van der Waals surface area (Å²) >= 11 is 0. The number of nitro groups is 1. The number of methoxy groups -OCH3 is 1. The third kappa shape index (κ3) is 4.32. The maximum absolute atomic E-state index is 13.0. The highest BCUT2D eigenvalue weighted by molar-refractivity contribution is 5.95. The summed E-state index contributed by atoms with van der Waals surface area (Å²) in [5.41, 5.74) is 3.01. The number of aryl methyl sites for hydroxylation is 1. The van der Waals surface area contributed by atoms with Gasteiger partial charge in [-0.3, -0.25) is 19.6 Å². The molecule has 0 radical (unpaired) electrons. The van der Waals surface area contributed by atoms with E-state index in [1.165, 1.54) is 0 Å². The van der Waals surface area contributed by atoms with Crippen LogP contribution >= 0.6 is 0 Å². The van der Waals surface area contributed by atoms with E-state index in [0.29, 0.717) is 17.0 Å². The molecule has 3 aromatic rings. The van der Waals surface area contributed by atoms with E-state index < -0.39 is 4.92 Å². The maximum Gasteiger partial charge on any atom is 0.312 e. The molecule has 1 N–H and O–H groups in total. The number of ether oxygens (including phenoxy) is 1. The molecule has 3 rings (SSSR count).